The average Bonchev–Trinajstić information content (AvgIpc) is 2.23. The van der Waals surface area contributed by atoms with Crippen molar-refractivity contribution in [3.8, 4) is 5.88 Å². The van der Waals surface area contributed by atoms with E-state index in [0.717, 1.165) is 6.42 Å². The zero-order chi connectivity index (χ0) is 11.1. The van der Waals surface area contributed by atoms with Gasteiger partial charge in [0.25, 0.3) is 0 Å². The Morgan fingerprint density at radius 1 is 1.47 bits per heavy atom. The Hall–Kier alpha value is -1.13. The van der Waals surface area contributed by atoms with Crippen molar-refractivity contribution >= 4 is 17.9 Å². The number of nitrogens with zero attached hydrogens (tertiary/aromatic N) is 1. The highest BCUT2D eigenvalue weighted by Gasteiger charge is 2.01. The normalized spacial score (nSPS) is 10.0. The molecule has 82 valence electrons. The fraction of sp³-hybridized carbons (Fsp3) is 0.400. The van der Waals surface area contributed by atoms with E-state index in [-0.39, 0.29) is 5.15 Å². The van der Waals surface area contributed by atoms with Crippen LogP contribution in [-0.4, -0.2) is 31.6 Å². The van der Waals surface area contributed by atoms with Gasteiger partial charge in [-0.25, -0.2) is 4.98 Å². The van der Waals surface area contributed by atoms with Crippen molar-refractivity contribution < 1.29 is 14.3 Å². The van der Waals surface area contributed by atoms with Gasteiger partial charge in [-0.3, -0.25) is 4.79 Å². The molecule has 0 aliphatic heterocycles. The zero-order valence-electron chi connectivity index (χ0n) is 8.40. The number of halogens is 1. The van der Waals surface area contributed by atoms with Crippen molar-refractivity contribution in [2.24, 2.45) is 0 Å². The molecular weight excluding hydrogens is 218 g/mol. The topological polar surface area (TPSA) is 48.4 Å². The van der Waals surface area contributed by atoms with Crippen LogP contribution in [0.1, 0.15) is 16.8 Å². The van der Waals surface area contributed by atoms with Crippen molar-refractivity contribution in [2.75, 3.05) is 20.3 Å². The molecule has 0 radical (unpaired) electrons. The van der Waals surface area contributed by atoms with E-state index >= 15 is 0 Å². The maximum Gasteiger partial charge on any atom is 0.215 e. The average molecular weight is 230 g/mol. The van der Waals surface area contributed by atoms with Gasteiger partial charge < -0.3 is 9.47 Å². The molecule has 0 aromatic carbocycles. The molecule has 0 unspecified atom stereocenters. The Labute approximate surface area is 93.2 Å². The Balaban J connectivity index is 2.53. The van der Waals surface area contributed by atoms with E-state index in [1.807, 2.05) is 0 Å². The van der Waals surface area contributed by atoms with E-state index in [1.54, 1.807) is 13.2 Å². The Kier molecular flexibility index (Phi) is 5.07. The minimum absolute atomic E-state index is 0.251. The monoisotopic (exact) mass is 229 g/mol. The van der Waals surface area contributed by atoms with Gasteiger partial charge in [0.05, 0.1) is 6.61 Å². The van der Waals surface area contributed by atoms with Gasteiger partial charge in [0.2, 0.25) is 5.88 Å². The highest BCUT2D eigenvalue weighted by atomic mass is 35.5. The van der Waals surface area contributed by atoms with E-state index in [1.165, 1.54) is 6.07 Å². The lowest BCUT2D eigenvalue weighted by molar-refractivity contribution is 0.112. The molecule has 0 atom stereocenters. The number of carbonyl (C=O) groups excluding carboxylic acids is 1. The summed E-state index contributed by atoms with van der Waals surface area (Å²) in [6.07, 6.45) is 1.47. The summed E-state index contributed by atoms with van der Waals surface area (Å²) in [5.74, 6) is 0.362. The standard InChI is InChI=1S/C10H12ClNO3/c1-14-3-2-4-15-10-6-8(7-13)5-9(11)12-10/h5-7H,2-4H2,1H3. The van der Waals surface area contributed by atoms with Gasteiger partial charge in [-0.2, -0.15) is 0 Å². The molecule has 5 heteroatoms. The van der Waals surface area contributed by atoms with Crippen LogP contribution in [-0.2, 0) is 4.74 Å². The highest BCUT2D eigenvalue weighted by molar-refractivity contribution is 6.29. The molecule has 1 heterocycles. The molecule has 1 rings (SSSR count). The minimum atomic E-state index is 0.251. The van der Waals surface area contributed by atoms with Crippen LogP contribution in [0.4, 0.5) is 0 Å². The van der Waals surface area contributed by atoms with Crippen LogP contribution in [0.25, 0.3) is 0 Å². The van der Waals surface area contributed by atoms with Crippen LogP contribution in [0.15, 0.2) is 12.1 Å². The Morgan fingerprint density at radius 3 is 2.93 bits per heavy atom. The summed E-state index contributed by atoms with van der Waals surface area (Å²) < 4.78 is 10.2. The summed E-state index contributed by atoms with van der Waals surface area (Å²) in [5, 5.41) is 0.251. The number of rotatable bonds is 6. The fourth-order valence-electron chi connectivity index (χ4n) is 1.01. The summed E-state index contributed by atoms with van der Waals surface area (Å²) in [7, 11) is 1.63. The number of aldehydes is 1. The summed E-state index contributed by atoms with van der Waals surface area (Å²) in [6.45, 7) is 1.11. The second-order valence-corrected chi connectivity index (χ2v) is 3.26. The van der Waals surface area contributed by atoms with Crippen LogP contribution >= 0.6 is 11.6 Å². The Morgan fingerprint density at radius 2 is 2.27 bits per heavy atom. The van der Waals surface area contributed by atoms with Gasteiger partial charge in [0.1, 0.15) is 11.4 Å². The first kappa shape index (κ1) is 11.9. The lowest BCUT2D eigenvalue weighted by atomic mass is 10.3. The van der Waals surface area contributed by atoms with E-state index in [9.17, 15) is 4.79 Å². The first-order valence-corrected chi connectivity index (χ1v) is 4.88. The third-order valence-corrected chi connectivity index (χ3v) is 1.87. The second-order valence-electron chi connectivity index (χ2n) is 2.87. The number of hydrogen-bond donors (Lipinski definition) is 0. The molecule has 0 spiro atoms. The van der Waals surface area contributed by atoms with Gasteiger partial charge in [0, 0.05) is 31.8 Å². The molecule has 4 nitrogen and oxygen atoms in total. The SMILES string of the molecule is COCCCOc1cc(C=O)cc(Cl)n1. The van der Waals surface area contributed by atoms with Crippen LogP contribution < -0.4 is 4.74 Å². The van der Waals surface area contributed by atoms with Crippen LogP contribution in [0.5, 0.6) is 5.88 Å². The maximum atomic E-state index is 10.5. The van der Waals surface area contributed by atoms with E-state index < -0.39 is 0 Å². The van der Waals surface area contributed by atoms with Crippen LogP contribution in [0.3, 0.4) is 0 Å². The van der Waals surface area contributed by atoms with Crippen molar-refractivity contribution in [3.63, 3.8) is 0 Å². The lowest BCUT2D eigenvalue weighted by Gasteiger charge is -2.05. The molecule has 0 aliphatic rings. The van der Waals surface area contributed by atoms with Gasteiger partial charge in [0.15, 0.2) is 0 Å². The van der Waals surface area contributed by atoms with Gasteiger partial charge in [-0.05, 0) is 6.07 Å². The zero-order valence-corrected chi connectivity index (χ0v) is 9.16. The van der Waals surface area contributed by atoms with Gasteiger partial charge >= 0.3 is 0 Å². The molecule has 0 saturated carbocycles. The second kappa shape index (κ2) is 6.37. The summed E-state index contributed by atoms with van der Waals surface area (Å²) in [6, 6.07) is 3.03. The summed E-state index contributed by atoms with van der Waals surface area (Å²) >= 11 is 5.69. The predicted octanol–water partition coefficient (Wildman–Crippen LogP) is 1.96. The Bertz CT molecular complexity index is 330. The highest BCUT2D eigenvalue weighted by Crippen LogP contribution is 2.15. The molecule has 0 bridgehead atoms. The van der Waals surface area contributed by atoms with Crippen LogP contribution in [0.2, 0.25) is 5.15 Å². The molecular formula is C10H12ClNO3. The van der Waals surface area contributed by atoms with Crippen LogP contribution in [0, 0.1) is 0 Å². The molecule has 0 fully saturated rings. The maximum absolute atomic E-state index is 10.5. The molecule has 15 heavy (non-hydrogen) atoms. The van der Waals surface area contributed by atoms with Crippen molar-refractivity contribution in [3.05, 3.63) is 22.8 Å². The molecule has 0 amide bonds. The third-order valence-electron chi connectivity index (χ3n) is 1.67. The predicted molar refractivity (Wildman–Crippen MR) is 56.6 cm³/mol. The molecule has 0 N–H and O–H groups in total. The fourth-order valence-corrected chi connectivity index (χ4v) is 1.22. The number of hydrogen-bond acceptors (Lipinski definition) is 4. The quantitative estimate of drug-likeness (QED) is 0.425. The first-order chi connectivity index (χ1) is 7.26. The van der Waals surface area contributed by atoms with Crippen molar-refractivity contribution in [2.45, 2.75) is 6.42 Å². The lowest BCUT2D eigenvalue weighted by Crippen LogP contribution is -2.03. The van der Waals surface area contributed by atoms with E-state index in [0.29, 0.717) is 30.9 Å². The number of pyridine rings is 1. The number of methoxy groups -OCH3 is 1. The smallest absolute Gasteiger partial charge is 0.215 e. The number of ether oxygens (including phenoxy) is 2. The summed E-state index contributed by atoms with van der Waals surface area (Å²) in [4.78, 5) is 14.4. The van der Waals surface area contributed by atoms with Gasteiger partial charge in [-0.15, -0.1) is 0 Å². The summed E-state index contributed by atoms with van der Waals surface area (Å²) in [5.41, 5.74) is 0.455. The minimum Gasteiger partial charge on any atom is -0.478 e. The number of aromatic nitrogens is 1. The van der Waals surface area contributed by atoms with Gasteiger partial charge in [-0.1, -0.05) is 11.6 Å². The molecule has 0 aliphatic carbocycles. The van der Waals surface area contributed by atoms with E-state index in [2.05, 4.69) is 4.98 Å². The molecule has 0 saturated heterocycles. The molecule has 1 aromatic heterocycles. The number of carbonyl (C=O) groups is 1. The van der Waals surface area contributed by atoms with E-state index in [4.69, 9.17) is 21.1 Å². The third kappa shape index (κ3) is 4.27. The first-order valence-electron chi connectivity index (χ1n) is 4.50. The largest absolute Gasteiger partial charge is 0.478 e. The van der Waals surface area contributed by atoms with Crippen molar-refractivity contribution in [1.82, 2.24) is 4.98 Å². The molecule has 1 aromatic rings. The van der Waals surface area contributed by atoms with Crippen molar-refractivity contribution in [1.29, 1.82) is 0 Å².